The van der Waals surface area contributed by atoms with Crippen LogP contribution >= 0.6 is 0 Å². The predicted molar refractivity (Wildman–Crippen MR) is 127 cm³/mol. The minimum absolute atomic E-state index is 0.0249. The Hall–Kier alpha value is -3.68. The standard InChI is InChI=1S/C26H28N2O6/c1-26(2,3)25(30)28-7-6-14-9-19(31-4)20(32-5)11-16(14)23(28)17-8-15-10-21-22(34-13-33-21)12-18(15)27-24(17)29/h8-12,23H,6-7,13H2,1-5H3,(H,27,29). The van der Waals surface area contributed by atoms with E-state index in [0.29, 0.717) is 47.0 Å². The van der Waals surface area contributed by atoms with Crippen LogP contribution in [0, 0.1) is 5.41 Å². The van der Waals surface area contributed by atoms with E-state index < -0.39 is 11.5 Å². The Labute approximate surface area is 197 Å². The van der Waals surface area contributed by atoms with E-state index in [1.165, 1.54) is 0 Å². The van der Waals surface area contributed by atoms with E-state index in [0.717, 1.165) is 16.5 Å². The zero-order valence-corrected chi connectivity index (χ0v) is 20.0. The van der Waals surface area contributed by atoms with E-state index in [9.17, 15) is 9.59 Å². The van der Waals surface area contributed by atoms with Gasteiger partial charge in [0, 0.05) is 29.0 Å². The lowest BCUT2D eigenvalue weighted by molar-refractivity contribution is -0.141. The van der Waals surface area contributed by atoms with Crippen LogP contribution in [0.4, 0.5) is 0 Å². The topological polar surface area (TPSA) is 90.1 Å². The van der Waals surface area contributed by atoms with Crippen molar-refractivity contribution in [1.82, 2.24) is 9.88 Å². The summed E-state index contributed by atoms with van der Waals surface area (Å²) in [4.78, 5) is 31.7. The molecule has 1 atom stereocenters. The van der Waals surface area contributed by atoms with Gasteiger partial charge < -0.3 is 28.8 Å². The third kappa shape index (κ3) is 3.54. The average molecular weight is 465 g/mol. The Bertz CT molecular complexity index is 1350. The Kier molecular flexibility index (Phi) is 5.19. The van der Waals surface area contributed by atoms with E-state index >= 15 is 0 Å². The van der Waals surface area contributed by atoms with Crippen LogP contribution in [0.3, 0.4) is 0 Å². The van der Waals surface area contributed by atoms with E-state index in [4.69, 9.17) is 18.9 Å². The van der Waals surface area contributed by atoms with Gasteiger partial charge in [-0.25, -0.2) is 0 Å². The number of nitrogens with one attached hydrogen (secondary N) is 1. The highest BCUT2D eigenvalue weighted by molar-refractivity contribution is 5.85. The summed E-state index contributed by atoms with van der Waals surface area (Å²) < 4.78 is 22.0. The molecule has 178 valence electrons. The van der Waals surface area contributed by atoms with Crippen LogP contribution in [0.2, 0.25) is 0 Å². The second kappa shape index (κ2) is 7.97. The average Bonchev–Trinajstić information content (AvgIpc) is 3.26. The number of aromatic nitrogens is 1. The van der Waals surface area contributed by atoms with Crippen molar-refractivity contribution in [3.05, 3.63) is 57.4 Å². The summed E-state index contributed by atoms with van der Waals surface area (Å²) in [6.45, 7) is 6.31. The molecule has 5 rings (SSSR count). The second-order valence-corrected chi connectivity index (χ2v) is 9.65. The molecule has 2 aromatic carbocycles. The molecule has 3 aromatic rings. The highest BCUT2D eigenvalue weighted by atomic mass is 16.7. The summed E-state index contributed by atoms with van der Waals surface area (Å²) in [5, 5.41) is 0.801. The number of carbonyl (C=O) groups is 1. The fourth-order valence-electron chi connectivity index (χ4n) is 4.75. The summed E-state index contributed by atoms with van der Waals surface area (Å²) in [5.41, 5.74) is 2.14. The predicted octanol–water partition coefficient (Wildman–Crippen LogP) is 3.79. The molecule has 1 amide bonds. The van der Waals surface area contributed by atoms with Gasteiger partial charge in [0.1, 0.15) is 0 Å². The maximum Gasteiger partial charge on any atom is 0.254 e. The van der Waals surface area contributed by atoms with Crippen LogP contribution in [0.15, 0.2) is 35.1 Å². The van der Waals surface area contributed by atoms with Crippen molar-refractivity contribution >= 4 is 16.8 Å². The molecule has 2 aliphatic heterocycles. The highest BCUT2D eigenvalue weighted by Crippen LogP contribution is 2.42. The van der Waals surface area contributed by atoms with Crippen molar-refractivity contribution in [1.29, 1.82) is 0 Å². The number of rotatable bonds is 3. The molecule has 8 nitrogen and oxygen atoms in total. The van der Waals surface area contributed by atoms with Crippen molar-refractivity contribution in [2.75, 3.05) is 27.6 Å². The number of hydrogen-bond acceptors (Lipinski definition) is 6. The monoisotopic (exact) mass is 464 g/mol. The molecule has 1 unspecified atom stereocenters. The Morgan fingerprint density at radius 3 is 2.35 bits per heavy atom. The molecule has 3 heterocycles. The molecular weight excluding hydrogens is 436 g/mol. The number of methoxy groups -OCH3 is 2. The smallest absolute Gasteiger partial charge is 0.254 e. The Balaban J connectivity index is 1.74. The summed E-state index contributed by atoms with van der Waals surface area (Å²) >= 11 is 0. The van der Waals surface area contributed by atoms with Crippen molar-refractivity contribution in [2.45, 2.75) is 33.2 Å². The lowest BCUT2D eigenvalue weighted by Gasteiger charge is -2.40. The number of amides is 1. The van der Waals surface area contributed by atoms with Crippen molar-refractivity contribution in [2.24, 2.45) is 5.41 Å². The van der Waals surface area contributed by atoms with E-state index in [1.807, 2.05) is 45.0 Å². The number of H-pyrrole nitrogens is 1. The number of hydrogen-bond donors (Lipinski definition) is 1. The lowest BCUT2D eigenvalue weighted by atomic mass is 9.85. The fourth-order valence-corrected chi connectivity index (χ4v) is 4.75. The first kappa shape index (κ1) is 22.1. The Morgan fingerprint density at radius 1 is 1.00 bits per heavy atom. The van der Waals surface area contributed by atoms with Gasteiger partial charge in [-0.05, 0) is 41.8 Å². The quantitative estimate of drug-likeness (QED) is 0.634. The van der Waals surface area contributed by atoms with Crippen molar-refractivity contribution < 1.29 is 23.7 Å². The molecule has 1 aromatic heterocycles. The van der Waals surface area contributed by atoms with Crippen LogP contribution < -0.4 is 24.5 Å². The highest BCUT2D eigenvalue weighted by Gasteiger charge is 2.39. The summed E-state index contributed by atoms with van der Waals surface area (Å²) in [7, 11) is 3.17. The number of ether oxygens (including phenoxy) is 4. The Morgan fingerprint density at radius 2 is 1.68 bits per heavy atom. The summed E-state index contributed by atoms with van der Waals surface area (Å²) in [5.74, 6) is 2.37. The molecule has 0 bridgehead atoms. The van der Waals surface area contributed by atoms with Crippen molar-refractivity contribution in [3.63, 3.8) is 0 Å². The van der Waals surface area contributed by atoms with E-state index in [2.05, 4.69) is 4.98 Å². The van der Waals surface area contributed by atoms with Gasteiger partial charge >= 0.3 is 0 Å². The van der Waals surface area contributed by atoms with Gasteiger partial charge in [0.05, 0.1) is 25.8 Å². The number of carbonyl (C=O) groups excluding carboxylic acids is 1. The van der Waals surface area contributed by atoms with Gasteiger partial charge in [0.15, 0.2) is 23.0 Å². The maximum absolute atomic E-state index is 13.5. The molecular formula is C26H28N2O6. The third-order valence-corrected chi connectivity index (χ3v) is 6.44. The zero-order valence-electron chi connectivity index (χ0n) is 20.0. The molecule has 34 heavy (non-hydrogen) atoms. The van der Waals surface area contributed by atoms with Crippen LogP contribution in [0.5, 0.6) is 23.0 Å². The molecule has 8 heteroatoms. The number of pyridine rings is 1. The molecule has 0 saturated carbocycles. The first-order valence-electron chi connectivity index (χ1n) is 11.2. The van der Waals surface area contributed by atoms with Crippen LogP contribution in [-0.2, 0) is 11.2 Å². The molecule has 2 aliphatic rings. The molecule has 0 spiro atoms. The number of aromatic amines is 1. The van der Waals surface area contributed by atoms with Gasteiger partial charge in [-0.15, -0.1) is 0 Å². The summed E-state index contributed by atoms with van der Waals surface area (Å²) in [6, 6.07) is 8.70. The van der Waals surface area contributed by atoms with Crippen LogP contribution in [0.25, 0.3) is 10.9 Å². The van der Waals surface area contributed by atoms with Crippen LogP contribution in [-0.4, -0.2) is 43.3 Å². The molecule has 1 N–H and O–H groups in total. The first-order chi connectivity index (χ1) is 16.2. The van der Waals surface area contributed by atoms with Gasteiger partial charge in [0.25, 0.3) is 5.56 Å². The second-order valence-electron chi connectivity index (χ2n) is 9.65. The van der Waals surface area contributed by atoms with Crippen molar-refractivity contribution in [3.8, 4) is 23.0 Å². The van der Waals surface area contributed by atoms with Gasteiger partial charge in [-0.3, -0.25) is 9.59 Å². The minimum atomic E-state index is -0.609. The largest absolute Gasteiger partial charge is 0.493 e. The van der Waals surface area contributed by atoms with E-state index in [-0.39, 0.29) is 18.3 Å². The SMILES string of the molecule is COc1cc2c(cc1OC)C(c1cc3cc4c(cc3[nH]c1=O)OCO4)N(C(=O)C(C)(C)C)CC2. The normalized spacial score (nSPS) is 17.0. The molecule has 0 aliphatic carbocycles. The molecule has 0 saturated heterocycles. The summed E-state index contributed by atoms with van der Waals surface area (Å²) in [6.07, 6.45) is 0.651. The molecule has 0 fully saturated rings. The maximum atomic E-state index is 13.5. The third-order valence-electron chi connectivity index (χ3n) is 6.44. The van der Waals surface area contributed by atoms with Crippen LogP contribution in [0.1, 0.15) is 43.5 Å². The van der Waals surface area contributed by atoms with Gasteiger partial charge in [-0.2, -0.15) is 0 Å². The minimum Gasteiger partial charge on any atom is -0.493 e. The first-order valence-corrected chi connectivity index (χ1v) is 11.2. The zero-order chi connectivity index (χ0) is 24.2. The molecule has 0 radical (unpaired) electrons. The van der Waals surface area contributed by atoms with Gasteiger partial charge in [-0.1, -0.05) is 20.8 Å². The number of fused-ring (bicyclic) bond motifs is 3. The fraction of sp³-hybridized carbons (Fsp3) is 0.385. The number of nitrogens with zero attached hydrogens (tertiary/aromatic N) is 1. The lowest BCUT2D eigenvalue weighted by Crippen LogP contribution is -2.47. The number of benzene rings is 2. The van der Waals surface area contributed by atoms with E-state index in [1.54, 1.807) is 25.2 Å². The van der Waals surface area contributed by atoms with Gasteiger partial charge in [0.2, 0.25) is 12.7 Å².